The van der Waals surface area contributed by atoms with E-state index in [0.29, 0.717) is 11.4 Å². The molecule has 0 saturated carbocycles. The number of hydrogen-bond acceptors (Lipinski definition) is 3. The first-order chi connectivity index (χ1) is 13.2. The molecule has 3 rings (SSSR count). The highest BCUT2D eigenvalue weighted by atomic mass is 19.4. The summed E-state index contributed by atoms with van der Waals surface area (Å²) in [5.41, 5.74) is 1.43. The Kier molecular flexibility index (Phi) is 5.17. The second-order valence-electron chi connectivity index (χ2n) is 6.27. The predicted octanol–water partition coefficient (Wildman–Crippen LogP) is 4.06. The largest absolute Gasteiger partial charge is 0.412 e. The lowest BCUT2D eigenvalue weighted by Gasteiger charge is -2.21. The number of nitrogens with zero attached hydrogens (tertiary/aromatic N) is 3. The van der Waals surface area contributed by atoms with Gasteiger partial charge in [0, 0.05) is 0 Å². The third-order valence-electron chi connectivity index (χ3n) is 4.19. The van der Waals surface area contributed by atoms with Gasteiger partial charge in [-0.05, 0) is 43.7 Å². The lowest BCUT2D eigenvalue weighted by molar-refractivity contribution is -0.155. The number of hydrogen-bond donors (Lipinski definition) is 1. The van der Waals surface area contributed by atoms with E-state index >= 15 is 0 Å². The van der Waals surface area contributed by atoms with Gasteiger partial charge in [0.05, 0.1) is 11.4 Å². The van der Waals surface area contributed by atoms with Crippen LogP contribution in [0, 0.1) is 19.7 Å². The molecule has 1 atom stereocenters. The first-order valence-electron chi connectivity index (χ1n) is 8.29. The number of nitrogens with one attached hydrogen (secondary N) is 1. The first kappa shape index (κ1) is 19.5. The van der Waals surface area contributed by atoms with Crippen molar-refractivity contribution in [3.8, 4) is 5.69 Å². The van der Waals surface area contributed by atoms with E-state index in [9.17, 15) is 22.4 Å². The van der Waals surface area contributed by atoms with Crippen molar-refractivity contribution in [1.29, 1.82) is 0 Å². The van der Waals surface area contributed by atoms with Crippen LogP contribution in [0.2, 0.25) is 0 Å². The Hall–Kier alpha value is -3.23. The number of rotatable bonds is 4. The Balaban J connectivity index is 1.88. The second-order valence-corrected chi connectivity index (χ2v) is 6.27. The normalized spacial score (nSPS) is 12.6. The molecule has 0 spiro atoms. The molecule has 28 heavy (non-hydrogen) atoms. The van der Waals surface area contributed by atoms with Crippen molar-refractivity contribution in [1.82, 2.24) is 20.3 Å². The van der Waals surface area contributed by atoms with Gasteiger partial charge in [-0.1, -0.05) is 35.0 Å². The standard InChI is InChI=1S/C19H16F4N4O/c1-11-3-9-15(10-4-11)27-12(2)16(25-26-27)18(28)24-17(19(21,22)23)13-5-7-14(20)8-6-13/h3-10,17H,1-2H3,(H,24,28). The fraction of sp³-hybridized carbons (Fsp3) is 0.211. The van der Waals surface area contributed by atoms with Crippen LogP contribution in [-0.2, 0) is 0 Å². The van der Waals surface area contributed by atoms with E-state index in [4.69, 9.17) is 0 Å². The molecule has 9 heteroatoms. The maximum absolute atomic E-state index is 13.4. The Morgan fingerprint density at radius 2 is 1.64 bits per heavy atom. The summed E-state index contributed by atoms with van der Waals surface area (Å²) in [5, 5.41) is 9.52. The van der Waals surface area contributed by atoms with Gasteiger partial charge in [-0.3, -0.25) is 4.79 Å². The Bertz CT molecular complexity index is 979. The number of aryl methyl sites for hydroxylation is 1. The number of carbonyl (C=O) groups is 1. The van der Waals surface area contributed by atoms with Crippen LogP contribution in [0.25, 0.3) is 5.69 Å². The molecular weight excluding hydrogens is 376 g/mol. The predicted molar refractivity (Wildman–Crippen MR) is 93.5 cm³/mol. The molecule has 2 aromatic carbocycles. The topological polar surface area (TPSA) is 59.8 Å². The summed E-state index contributed by atoms with van der Waals surface area (Å²) in [5.74, 6) is -1.70. The van der Waals surface area contributed by atoms with Crippen LogP contribution in [-0.4, -0.2) is 27.1 Å². The molecule has 5 nitrogen and oxygen atoms in total. The maximum atomic E-state index is 13.4. The van der Waals surface area contributed by atoms with E-state index in [-0.39, 0.29) is 11.3 Å². The van der Waals surface area contributed by atoms with Crippen molar-refractivity contribution in [2.24, 2.45) is 0 Å². The number of amides is 1. The van der Waals surface area contributed by atoms with Crippen LogP contribution in [0.1, 0.15) is 33.4 Å². The summed E-state index contributed by atoms with van der Waals surface area (Å²) in [6.07, 6.45) is -4.77. The minimum atomic E-state index is -4.77. The minimum Gasteiger partial charge on any atom is -0.335 e. The van der Waals surface area contributed by atoms with Gasteiger partial charge in [0.1, 0.15) is 5.82 Å². The molecule has 0 aliphatic heterocycles. The zero-order valence-electron chi connectivity index (χ0n) is 15.0. The maximum Gasteiger partial charge on any atom is 0.412 e. The molecule has 0 bridgehead atoms. The van der Waals surface area contributed by atoms with Crippen LogP contribution in [0.3, 0.4) is 0 Å². The molecule has 146 valence electrons. The average Bonchev–Trinajstić information content (AvgIpc) is 3.02. The smallest absolute Gasteiger partial charge is 0.335 e. The molecule has 0 saturated heterocycles. The molecule has 1 amide bonds. The fourth-order valence-corrected chi connectivity index (χ4v) is 2.68. The number of carbonyl (C=O) groups excluding carboxylic acids is 1. The van der Waals surface area contributed by atoms with Crippen LogP contribution < -0.4 is 5.32 Å². The van der Waals surface area contributed by atoms with Gasteiger partial charge in [-0.15, -0.1) is 5.10 Å². The molecule has 1 heterocycles. The quantitative estimate of drug-likeness (QED) is 0.682. The van der Waals surface area contributed by atoms with Crippen molar-refractivity contribution in [2.45, 2.75) is 26.1 Å². The summed E-state index contributed by atoms with van der Waals surface area (Å²) < 4.78 is 54.7. The number of alkyl halides is 3. The zero-order chi connectivity index (χ0) is 20.5. The monoisotopic (exact) mass is 392 g/mol. The minimum absolute atomic E-state index is 0.225. The second kappa shape index (κ2) is 7.41. The van der Waals surface area contributed by atoms with E-state index in [0.717, 1.165) is 29.8 Å². The van der Waals surface area contributed by atoms with E-state index in [1.165, 1.54) is 11.6 Å². The van der Waals surface area contributed by atoms with Gasteiger partial charge in [-0.2, -0.15) is 13.2 Å². The summed E-state index contributed by atoms with van der Waals surface area (Å²) in [7, 11) is 0. The van der Waals surface area contributed by atoms with Crippen LogP contribution >= 0.6 is 0 Å². The zero-order valence-corrected chi connectivity index (χ0v) is 15.0. The molecule has 1 N–H and O–H groups in total. The third kappa shape index (κ3) is 4.03. The van der Waals surface area contributed by atoms with Crippen molar-refractivity contribution in [3.63, 3.8) is 0 Å². The number of aromatic nitrogens is 3. The highest BCUT2D eigenvalue weighted by Gasteiger charge is 2.42. The highest BCUT2D eigenvalue weighted by Crippen LogP contribution is 2.33. The lowest BCUT2D eigenvalue weighted by Crippen LogP contribution is -2.38. The Morgan fingerprint density at radius 1 is 1.04 bits per heavy atom. The average molecular weight is 392 g/mol. The van der Waals surface area contributed by atoms with E-state index < -0.39 is 23.9 Å². The lowest BCUT2D eigenvalue weighted by atomic mass is 10.1. The highest BCUT2D eigenvalue weighted by molar-refractivity contribution is 5.93. The number of benzene rings is 2. The third-order valence-corrected chi connectivity index (χ3v) is 4.19. The van der Waals surface area contributed by atoms with Crippen LogP contribution in [0.5, 0.6) is 0 Å². The number of halogens is 4. The van der Waals surface area contributed by atoms with Gasteiger partial charge in [0.2, 0.25) is 0 Å². The molecule has 1 unspecified atom stereocenters. The van der Waals surface area contributed by atoms with Crippen molar-refractivity contribution < 1.29 is 22.4 Å². The fourth-order valence-electron chi connectivity index (χ4n) is 2.68. The molecule has 0 radical (unpaired) electrons. The SMILES string of the molecule is Cc1ccc(-n2nnc(C(=O)NC(c3ccc(F)cc3)C(F)(F)F)c2C)cc1. The van der Waals surface area contributed by atoms with Gasteiger partial charge in [0.25, 0.3) is 5.91 Å². The van der Waals surface area contributed by atoms with E-state index in [1.54, 1.807) is 12.1 Å². The molecule has 0 aliphatic carbocycles. The molecular formula is C19H16F4N4O. The summed E-state index contributed by atoms with van der Waals surface area (Å²) >= 11 is 0. The van der Waals surface area contributed by atoms with Crippen LogP contribution in [0.15, 0.2) is 48.5 Å². The summed E-state index contributed by atoms with van der Waals surface area (Å²) in [4.78, 5) is 12.5. The van der Waals surface area contributed by atoms with Gasteiger partial charge in [-0.25, -0.2) is 9.07 Å². The summed E-state index contributed by atoms with van der Waals surface area (Å²) in [6.45, 7) is 3.44. The van der Waals surface area contributed by atoms with E-state index in [1.807, 2.05) is 24.4 Å². The van der Waals surface area contributed by atoms with Crippen molar-refractivity contribution in [3.05, 3.63) is 76.9 Å². The van der Waals surface area contributed by atoms with E-state index in [2.05, 4.69) is 10.3 Å². The molecule has 1 aromatic heterocycles. The Morgan fingerprint density at radius 3 is 2.21 bits per heavy atom. The molecule has 3 aromatic rings. The van der Waals surface area contributed by atoms with Crippen molar-refractivity contribution >= 4 is 5.91 Å². The van der Waals surface area contributed by atoms with Crippen LogP contribution in [0.4, 0.5) is 17.6 Å². The summed E-state index contributed by atoms with van der Waals surface area (Å²) in [6, 6.07) is 8.65. The molecule has 0 aliphatic rings. The van der Waals surface area contributed by atoms with Gasteiger partial charge in [0.15, 0.2) is 11.7 Å². The van der Waals surface area contributed by atoms with Gasteiger partial charge < -0.3 is 5.32 Å². The molecule has 0 fully saturated rings. The van der Waals surface area contributed by atoms with Crippen molar-refractivity contribution in [2.75, 3.05) is 0 Å². The first-order valence-corrected chi connectivity index (χ1v) is 8.29. The Labute approximate surface area is 158 Å². The van der Waals surface area contributed by atoms with Gasteiger partial charge >= 0.3 is 6.18 Å².